The zero-order valence-corrected chi connectivity index (χ0v) is 14.2. The van der Waals surface area contributed by atoms with Gasteiger partial charge in [-0.25, -0.2) is 4.98 Å². The van der Waals surface area contributed by atoms with Crippen LogP contribution in [0.3, 0.4) is 0 Å². The van der Waals surface area contributed by atoms with Crippen molar-refractivity contribution in [2.45, 2.75) is 12.3 Å². The Morgan fingerprint density at radius 3 is 2.54 bits per heavy atom. The van der Waals surface area contributed by atoms with Crippen molar-refractivity contribution in [2.24, 2.45) is 0 Å². The maximum absolute atomic E-state index is 12.6. The van der Waals surface area contributed by atoms with Crippen LogP contribution in [-0.2, 0) is 11.0 Å². The van der Waals surface area contributed by atoms with Crippen LogP contribution in [0.25, 0.3) is 6.08 Å². The molecule has 1 aromatic carbocycles. The molecule has 0 atom stereocenters. The topological polar surface area (TPSA) is 42.4 Å². The summed E-state index contributed by atoms with van der Waals surface area (Å²) in [6.45, 7) is 0.587. The molecule has 8 heteroatoms. The Balaban J connectivity index is 1.51. The van der Waals surface area contributed by atoms with E-state index in [9.17, 15) is 18.0 Å². The molecule has 1 amide bonds. The van der Waals surface area contributed by atoms with E-state index in [0.717, 1.165) is 11.6 Å². The number of rotatable bonds is 4. The third-order valence-electron chi connectivity index (χ3n) is 3.75. The molecule has 4 nitrogen and oxygen atoms in total. The van der Waals surface area contributed by atoms with Gasteiger partial charge in [-0.05, 0) is 29.8 Å². The Labute approximate surface area is 152 Å². The Hall–Kier alpha value is -2.54. The van der Waals surface area contributed by atoms with E-state index in [1.165, 1.54) is 23.1 Å². The van der Waals surface area contributed by atoms with Gasteiger partial charge in [0.15, 0.2) is 0 Å². The van der Waals surface area contributed by atoms with Gasteiger partial charge in [-0.3, -0.25) is 4.79 Å². The Morgan fingerprint density at radius 2 is 1.88 bits per heavy atom. The van der Waals surface area contributed by atoms with Crippen molar-refractivity contribution in [1.29, 1.82) is 0 Å². The summed E-state index contributed by atoms with van der Waals surface area (Å²) in [4.78, 5) is 17.0. The first-order valence-electron chi connectivity index (χ1n) is 7.75. The highest BCUT2D eigenvalue weighted by Gasteiger charge is 2.34. The van der Waals surface area contributed by atoms with Crippen LogP contribution >= 0.6 is 11.6 Å². The zero-order chi connectivity index (χ0) is 18.7. The number of likely N-dealkylation sites (tertiary alicyclic amines) is 1. The number of carbonyl (C=O) groups is 1. The minimum atomic E-state index is -4.52. The highest BCUT2D eigenvalue weighted by atomic mass is 35.5. The van der Waals surface area contributed by atoms with E-state index in [4.69, 9.17) is 16.3 Å². The predicted molar refractivity (Wildman–Crippen MR) is 90.7 cm³/mol. The van der Waals surface area contributed by atoms with E-state index in [-0.39, 0.29) is 17.9 Å². The smallest absolute Gasteiger partial charge is 0.433 e. The van der Waals surface area contributed by atoms with E-state index < -0.39 is 11.9 Å². The number of halogens is 4. The van der Waals surface area contributed by atoms with Gasteiger partial charge < -0.3 is 9.64 Å². The van der Waals surface area contributed by atoms with Crippen LogP contribution in [0.1, 0.15) is 11.3 Å². The van der Waals surface area contributed by atoms with Gasteiger partial charge in [0.05, 0.1) is 13.1 Å². The maximum Gasteiger partial charge on any atom is 0.433 e. The van der Waals surface area contributed by atoms with Crippen molar-refractivity contribution in [1.82, 2.24) is 9.88 Å². The largest absolute Gasteiger partial charge is 0.471 e. The highest BCUT2D eigenvalue weighted by Crippen LogP contribution is 2.29. The fraction of sp³-hybridized carbons (Fsp3) is 0.222. The third-order valence-corrected chi connectivity index (χ3v) is 4.00. The molecule has 1 aliphatic rings. The number of carbonyl (C=O) groups excluding carboxylic acids is 1. The van der Waals surface area contributed by atoms with Crippen LogP contribution in [-0.4, -0.2) is 35.0 Å². The number of hydrogen-bond acceptors (Lipinski definition) is 3. The Morgan fingerprint density at radius 1 is 1.19 bits per heavy atom. The molecule has 0 aliphatic carbocycles. The first-order valence-corrected chi connectivity index (χ1v) is 8.12. The van der Waals surface area contributed by atoms with Gasteiger partial charge in [-0.2, -0.15) is 13.2 Å². The second kappa shape index (κ2) is 7.37. The van der Waals surface area contributed by atoms with E-state index in [1.54, 1.807) is 30.3 Å². The average Bonchev–Trinajstić information content (AvgIpc) is 2.56. The fourth-order valence-corrected chi connectivity index (χ4v) is 2.47. The lowest BCUT2D eigenvalue weighted by atomic mass is 10.1. The van der Waals surface area contributed by atoms with Crippen LogP contribution in [0.15, 0.2) is 48.5 Å². The average molecular weight is 383 g/mol. The number of alkyl halides is 3. The molecule has 3 rings (SSSR count). The number of aromatic nitrogens is 1. The van der Waals surface area contributed by atoms with Gasteiger partial charge in [0, 0.05) is 17.2 Å². The second-order valence-corrected chi connectivity index (χ2v) is 6.16. The third kappa shape index (κ3) is 4.54. The minimum absolute atomic E-state index is 0.103. The van der Waals surface area contributed by atoms with Crippen LogP contribution in [0.5, 0.6) is 5.88 Å². The van der Waals surface area contributed by atoms with Gasteiger partial charge in [-0.15, -0.1) is 0 Å². The monoisotopic (exact) mass is 382 g/mol. The molecule has 0 saturated carbocycles. The van der Waals surface area contributed by atoms with Crippen LogP contribution in [0.4, 0.5) is 13.2 Å². The molecule has 0 bridgehead atoms. The summed E-state index contributed by atoms with van der Waals surface area (Å²) in [5.41, 5.74) is -0.169. The minimum Gasteiger partial charge on any atom is -0.471 e. The fourth-order valence-electron chi connectivity index (χ4n) is 2.35. The van der Waals surface area contributed by atoms with E-state index in [0.29, 0.717) is 18.1 Å². The lowest BCUT2D eigenvalue weighted by Crippen LogP contribution is -2.55. The zero-order valence-electron chi connectivity index (χ0n) is 13.4. The lowest BCUT2D eigenvalue weighted by Gasteiger charge is -2.38. The second-order valence-electron chi connectivity index (χ2n) is 5.73. The summed E-state index contributed by atoms with van der Waals surface area (Å²) in [7, 11) is 0. The summed E-state index contributed by atoms with van der Waals surface area (Å²) in [6.07, 6.45) is -1.80. The van der Waals surface area contributed by atoms with Crippen molar-refractivity contribution in [3.63, 3.8) is 0 Å². The summed E-state index contributed by atoms with van der Waals surface area (Å²) in [5, 5.41) is 0.611. The highest BCUT2D eigenvalue weighted by molar-refractivity contribution is 6.30. The molecule has 136 valence electrons. The quantitative estimate of drug-likeness (QED) is 0.749. The van der Waals surface area contributed by atoms with Crippen LogP contribution in [0.2, 0.25) is 5.02 Å². The van der Waals surface area contributed by atoms with Crippen molar-refractivity contribution in [3.05, 3.63) is 64.8 Å². The number of amides is 1. The number of nitrogens with zero attached hydrogens (tertiary/aromatic N) is 2. The van der Waals surface area contributed by atoms with E-state index in [1.807, 2.05) is 0 Å². The number of hydrogen-bond donors (Lipinski definition) is 0. The SMILES string of the molecule is O=C(/C=C/c1ccc(Cl)cc1)N1CC(Oc2cccc(C(F)(F)F)n2)C1. The van der Waals surface area contributed by atoms with Crippen molar-refractivity contribution in [3.8, 4) is 5.88 Å². The molecule has 1 saturated heterocycles. The molecule has 26 heavy (non-hydrogen) atoms. The van der Waals surface area contributed by atoms with Gasteiger partial charge in [-0.1, -0.05) is 29.8 Å². The normalized spacial score (nSPS) is 15.2. The maximum atomic E-state index is 12.6. The molecule has 0 radical (unpaired) electrons. The summed E-state index contributed by atoms with van der Waals surface area (Å²) in [6, 6.07) is 10.5. The van der Waals surface area contributed by atoms with Crippen molar-refractivity contribution in [2.75, 3.05) is 13.1 Å². The first kappa shape index (κ1) is 18.3. The first-order chi connectivity index (χ1) is 12.3. The molecular weight excluding hydrogens is 369 g/mol. The molecular formula is C18H14ClF3N2O2. The van der Waals surface area contributed by atoms with E-state index >= 15 is 0 Å². The van der Waals surface area contributed by atoms with Gasteiger partial charge in [0.2, 0.25) is 11.8 Å². The summed E-state index contributed by atoms with van der Waals surface area (Å²) in [5.74, 6) is -0.301. The lowest BCUT2D eigenvalue weighted by molar-refractivity contribution is -0.141. The molecule has 0 spiro atoms. The predicted octanol–water partition coefficient (Wildman–Crippen LogP) is 4.06. The molecule has 0 N–H and O–H groups in total. The number of pyridine rings is 1. The standard InChI is InChI=1S/C18H14ClF3N2O2/c19-13-7-4-12(5-8-13)6-9-17(25)24-10-14(11-24)26-16-3-1-2-15(23-16)18(20,21)22/h1-9,14H,10-11H2/b9-6+. The van der Waals surface area contributed by atoms with Crippen molar-refractivity contribution >= 4 is 23.6 Å². The summed E-state index contributed by atoms with van der Waals surface area (Å²) >= 11 is 5.79. The van der Waals surface area contributed by atoms with Gasteiger partial charge in [0.1, 0.15) is 11.8 Å². The summed E-state index contributed by atoms with van der Waals surface area (Å²) < 4.78 is 43.3. The Kier molecular flexibility index (Phi) is 5.18. The molecule has 1 fully saturated rings. The molecule has 1 aromatic heterocycles. The van der Waals surface area contributed by atoms with E-state index in [2.05, 4.69) is 4.98 Å². The Bertz CT molecular complexity index is 816. The van der Waals surface area contributed by atoms with Gasteiger partial charge >= 0.3 is 6.18 Å². The number of ether oxygens (including phenoxy) is 1. The molecule has 2 heterocycles. The van der Waals surface area contributed by atoms with Crippen LogP contribution in [0, 0.1) is 0 Å². The number of benzene rings is 1. The molecule has 1 aliphatic heterocycles. The van der Waals surface area contributed by atoms with Crippen molar-refractivity contribution < 1.29 is 22.7 Å². The molecule has 0 unspecified atom stereocenters. The van der Waals surface area contributed by atoms with Crippen LogP contribution < -0.4 is 4.74 Å². The molecule has 2 aromatic rings. The van der Waals surface area contributed by atoms with Gasteiger partial charge in [0.25, 0.3) is 0 Å².